The molecular weight excluding hydrogens is 390 g/mol. The van der Waals surface area contributed by atoms with Crippen LogP contribution in [0.1, 0.15) is 22.0 Å². The maximum atomic E-state index is 13.6. The number of aryl methyl sites for hydroxylation is 1. The van der Waals surface area contributed by atoms with E-state index in [1.54, 1.807) is 18.7 Å². The maximum Gasteiger partial charge on any atom is 0.255 e. The van der Waals surface area contributed by atoms with Gasteiger partial charge in [0, 0.05) is 43.7 Å². The lowest BCUT2D eigenvalue weighted by Crippen LogP contribution is -2.49. The van der Waals surface area contributed by atoms with Crippen LogP contribution in [0.3, 0.4) is 0 Å². The Morgan fingerprint density at radius 3 is 2.66 bits per heavy atom. The summed E-state index contributed by atoms with van der Waals surface area (Å²) in [5, 5.41) is 4.15. The molecule has 2 aromatic carbocycles. The number of ether oxygens (including phenoxy) is 1. The molecule has 3 aromatic rings. The number of piperazine rings is 1. The molecule has 0 bridgehead atoms. The van der Waals surface area contributed by atoms with Gasteiger partial charge in [0.1, 0.15) is 5.75 Å². The summed E-state index contributed by atoms with van der Waals surface area (Å²) in [4.78, 5) is 27.9. The highest BCUT2D eigenvalue weighted by Crippen LogP contribution is 2.31. The summed E-state index contributed by atoms with van der Waals surface area (Å²) in [7, 11) is 3.36. The smallest absolute Gasteiger partial charge is 0.255 e. The number of pyridine rings is 1. The number of hydrogen-bond acceptors (Lipinski definition) is 4. The Balaban J connectivity index is 0.00000240. The third kappa shape index (κ3) is 3.73. The number of carbonyl (C=O) groups excluding carboxylic acids is 1. The summed E-state index contributed by atoms with van der Waals surface area (Å²) >= 11 is 0. The Morgan fingerprint density at radius 2 is 1.86 bits per heavy atom. The van der Waals surface area contributed by atoms with Crippen molar-refractivity contribution in [3.63, 3.8) is 0 Å². The Kier molecular flexibility index (Phi) is 6.25. The van der Waals surface area contributed by atoms with Gasteiger partial charge < -0.3 is 19.5 Å². The first-order valence-corrected chi connectivity index (χ1v) is 9.35. The van der Waals surface area contributed by atoms with Gasteiger partial charge in [-0.3, -0.25) is 9.59 Å². The van der Waals surface area contributed by atoms with Gasteiger partial charge in [-0.15, -0.1) is 12.4 Å². The predicted molar refractivity (Wildman–Crippen MR) is 116 cm³/mol. The molecule has 29 heavy (non-hydrogen) atoms. The van der Waals surface area contributed by atoms with Crippen LogP contribution in [0.2, 0.25) is 0 Å². The highest BCUT2D eigenvalue weighted by molar-refractivity contribution is 6.06. The Bertz CT molecular complexity index is 1100. The van der Waals surface area contributed by atoms with Gasteiger partial charge in [0.2, 0.25) is 0 Å². The topological polar surface area (TPSA) is 63.6 Å². The summed E-state index contributed by atoms with van der Waals surface area (Å²) in [5.74, 6) is 0.620. The molecule has 1 unspecified atom stereocenters. The number of methoxy groups -OCH3 is 1. The van der Waals surface area contributed by atoms with Crippen LogP contribution in [0.15, 0.2) is 59.4 Å². The van der Waals surface area contributed by atoms with E-state index in [-0.39, 0.29) is 29.9 Å². The molecule has 0 radical (unpaired) electrons. The lowest BCUT2D eigenvalue weighted by atomic mass is 10.00. The van der Waals surface area contributed by atoms with Crippen LogP contribution in [0.5, 0.6) is 5.75 Å². The second-order valence-corrected chi connectivity index (χ2v) is 6.93. The summed E-state index contributed by atoms with van der Waals surface area (Å²) in [5.41, 5.74) is 1.97. The number of halogens is 1. The van der Waals surface area contributed by atoms with Crippen LogP contribution < -0.4 is 15.6 Å². The van der Waals surface area contributed by atoms with Crippen LogP contribution in [-0.4, -0.2) is 42.1 Å². The third-order valence-corrected chi connectivity index (χ3v) is 5.39. The number of carbonyl (C=O) groups is 1. The molecule has 1 fully saturated rings. The van der Waals surface area contributed by atoms with Gasteiger partial charge in [0.05, 0.1) is 24.2 Å². The van der Waals surface area contributed by atoms with E-state index in [1.165, 1.54) is 6.07 Å². The molecule has 1 aromatic heterocycles. The number of rotatable bonds is 3. The molecule has 4 rings (SSSR count). The average Bonchev–Trinajstić information content (AvgIpc) is 2.75. The van der Waals surface area contributed by atoms with E-state index >= 15 is 0 Å². The molecule has 152 valence electrons. The molecule has 1 atom stereocenters. The van der Waals surface area contributed by atoms with Crippen LogP contribution in [0.25, 0.3) is 10.9 Å². The fourth-order valence-electron chi connectivity index (χ4n) is 3.91. The molecule has 0 spiro atoms. The zero-order valence-corrected chi connectivity index (χ0v) is 17.2. The number of nitrogens with one attached hydrogen (secondary N) is 1. The molecule has 2 heterocycles. The van der Waals surface area contributed by atoms with Crippen molar-refractivity contribution >= 4 is 29.2 Å². The van der Waals surface area contributed by atoms with E-state index in [0.717, 1.165) is 22.2 Å². The van der Waals surface area contributed by atoms with E-state index in [9.17, 15) is 9.59 Å². The minimum absolute atomic E-state index is 0. The maximum absolute atomic E-state index is 13.6. The molecule has 1 amide bonds. The summed E-state index contributed by atoms with van der Waals surface area (Å²) in [6.07, 6.45) is 0. The predicted octanol–water partition coefficient (Wildman–Crippen LogP) is 2.76. The number of benzene rings is 2. The number of fused-ring (bicyclic) bond motifs is 1. The first-order chi connectivity index (χ1) is 13.6. The van der Waals surface area contributed by atoms with Gasteiger partial charge in [-0.05, 0) is 12.1 Å². The molecule has 0 saturated carbocycles. The van der Waals surface area contributed by atoms with E-state index in [0.29, 0.717) is 25.2 Å². The third-order valence-electron chi connectivity index (χ3n) is 5.39. The monoisotopic (exact) mass is 413 g/mol. The molecule has 1 aliphatic rings. The second kappa shape index (κ2) is 8.68. The van der Waals surface area contributed by atoms with Gasteiger partial charge in [-0.2, -0.15) is 0 Å². The second-order valence-electron chi connectivity index (χ2n) is 6.93. The van der Waals surface area contributed by atoms with Crippen LogP contribution >= 0.6 is 12.4 Å². The minimum Gasteiger partial charge on any atom is -0.496 e. The summed E-state index contributed by atoms with van der Waals surface area (Å²) in [6.45, 7) is 1.90. The molecule has 1 N–H and O–H groups in total. The molecule has 0 aliphatic carbocycles. The Hall–Kier alpha value is -2.83. The van der Waals surface area contributed by atoms with Crippen molar-refractivity contribution in [1.82, 2.24) is 14.8 Å². The van der Waals surface area contributed by atoms with Gasteiger partial charge in [-0.1, -0.05) is 36.4 Å². The molecule has 6 nitrogen and oxygen atoms in total. The van der Waals surface area contributed by atoms with Crippen molar-refractivity contribution in [2.75, 3.05) is 26.7 Å². The lowest BCUT2D eigenvalue weighted by molar-refractivity contribution is 0.0633. The Morgan fingerprint density at radius 1 is 1.14 bits per heavy atom. The number of nitrogens with zero attached hydrogens (tertiary/aromatic N) is 2. The van der Waals surface area contributed by atoms with Crippen molar-refractivity contribution in [1.29, 1.82) is 0 Å². The fraction of sp³-hybridized carbons (Fsp3) is 0.273. The Labute approximate surface area is 175 Å². The van der Waals surface area contributed by atoms with Crippen molar-refractivity contribution < 1.29 is 9.53 Å². The van der Waals surface area contributed by atoms with E-state index in [2.05, 4.69) is 5.32 Å². The number of para-hydroxylation sites is 2. The molecule has 1 saturated heterocycles. The largest absolute Gasteiger partial charge is 0.496 e. The average molecular weight is 414 g/mol. The fourth-order valence-corrected chi connectivity index (χ4v) is 3.91. The zero-order chi connectivity index (χ0) is 19.7. The SMILES string of the molecule is COc1ccccc1C1CNCCN1C(=O)c1cc(=O)n(C)c2ccccc12.Cl. The van der Waals surface area contributed by atoms with Crippen molar-refractivity contribution in [3.8, 4) is 5.75 Å². The minimum atomic E-state index is -0.189. The van der Waals surface area contributed by atoms with Crippen LogP contribution in [-0.2, 0) is 7.05 Å². The van der Waals surface area contributed by atoms with E-state index < -0.39 is 0 Å². The number of aromatic nitrogens is 1. The number of amides is 1. The standard InChI is InChI=1S/C22H23N3O3.ClH/c1-24-18-9-5-3-7-15(18)17(13-21(24)26)22(27)25-12-11-23-14-19(25)16-8-4-6-10-20(16)28-2;/h3-10,13,19,23H,11-12,14H2,1-2H3;1H. The molecule has 7 heteroatoms. The highest BCUT2D eigenvalue weighted by Gasteiger charge is 2.31. The molecule has 1 aliphatic heterocycles. The van der Waals surface area contributed by atoms with Crippen molar-refractivity contribution in [2.24, 2.45) is 7.05 Å². The zero-order valence-electron chi connectivity index (χ0n) is 16.4. The van der Waals surface area contributed by atoms with Crippen LogP contribution in [0, 0.1) is 0 Å². The first-order valence-electron chi connectivity index (χ1n) is 9.35. The lowest BCUT2D eigenvalue weighted by Gasteiger charge is -2.37. The van der Waals surface area contributed by atoms with Gasteiger partial charge in [0.25, 0.3) is 11.5 Å². The first kappa shape index (κ1) is 20.9. The summed E-state index contributed by atoms with van der Waals surface area (Å²) < 4.78 is 7.09. The van der Waals surface area contributed by atoms with E-state index in [1.807, 2.05) is 53.4 Å². The van der Waals surface area contributed by atoms with Crippen LogP contribution in [0.4, 0.5) is 0 Å². The molecular formula is C22H24ClN3O3. The normalized spacial score (nSPS) is 16.3. The summed E-state index contributed by atoms with van der Waals surface area (Å²) in [6, 6.07) is 16.6. The van der Waals surface area contributed by atoms with Gasteiger partial charge in [-0.25, -0.2) is 0 Å². The quantitative estimate of drug-likeness (QED) is 0.717. The van der Waals surface area contributed by atoms with E-state index in [4.69, 9.17) is 4.74 Å². The van der Waals surface area contributed by atoms with Gasteiger partial charge in [0.15, 0.2) is 0 Å². The highest BCUT2D eigenvalue weighted by atomic mass is 35.5. The number of hydrogen-bond donors (Lipinski definition) is 1. The van der Waals surface area contributed by atoms with Crippen molar-refractivity contribution in [3.05, 3.63) is 76.1 Å². The van der Waals surface area contributed by atoms with Gasteiger partial charge >= 0.3 is 0 Å². The van der Waals surface area contributed by atoms with Crippen molar-refractivity contribution in [2.45, 2.75) is 6.04 Å².